The second-order valence-corrected chi connectivity index (χ2v) is 3.17. The van der Waals surface area contributed by atoms with Gasteiger partial charge in [0.1, 0.15) is 0 Å². The van der Waals surface area contributed by atoms with E-state index in [0.717, 1.165) is 4.48 Å². The quantitative estimate of drug-likeness (QED) is 0.470. The third kappa shape index (κ3) is 1.55. The van der Waals surface area contributed by atoms with E-state index in [1.807, 2.05) is 0 Å². The fourth-order valence-electron chi connectivity index (χ4n) is 1.42. The zero-order valence-electron chi connectivity index (χ0n) is 6.27. The second-order valence-electron chi connectivity index (χ2n) is 3.17. The van der Waals surface area contributed by atoms with Gasteiger partial charge in [-0.05, 0) is 25.8 Å². The van der Waals surface area contributed by atoms with E-state index in [0.29, 0.717) is 0 Å². The molecule has 0 aromatic rings. The molecule has 0 radical (unpaired) electrons. The van der Waals surface area contributed by atoms with Crippen molar-refractivity contribution in [2.45, 2.75) is 19.3 Å². The lowest BCUT2D eigenvalue weighted by atomic mass is 10.1. The van der Waals surface area contributed by atoms with Crippen LogP contribution in [0.15, 0.2) is 12.8 Å². The number of quaternary nitrogens is 1. The van der Waals surface area contributed by atoms with Crippen LogP contribution in [0.3, 0.4) is 0 Å². The Hall–Kier alpha value is -0.300. The zero-order chi connectivity index (χ0) is 6.74. The van der Waals surface area contributed by atoms with Gasteiger partial charge >= 0.3 is 0 Å². The smallest absolute Gasteiger partial charge is 0.0883 e. The second kappa shape index (κ2) is 2.53. The predicted molar refractivity (Wildman–Crippen MR) is 40.0 cm³/mol. The van der Waals surface area contributed by atoms with Crippen molar-refractivity contribution < 1.29 is 4.48 Å². The normalized spacial score (nSPS) is 25.4. The number of hydrogen-bond donors (Lipinski definition) is 0. The lowest BCUT2D eigenvalue weighted by Gasteiger charge is -2.33. The maximum atomic E-state index is 3.83. The molecule has 1 aliphatic rings. The SMILES string of the molecule is C=C[N+]1(C)CCCCC1. The van der Waals surface area contributed by atoms with E-state index in [1.54, 1.807) is 0 Å². The van der Waals surface area contributed by atoms with Crippen molar-refractivity contribution in [2.75, 3.05) is 20.1 Å². The van der Waals surface area contributed by atoms with E-state index in [-0.39, 0.29) is 0 Å². The van der Waals surface area contributed by atoms with Gasteiger partial charge in [0, 0.05) is 0 Å². The number of rotatable bonds is 1. The molecule has 1 heterocycles. The molecule has 1 rings (SSSR count). The minimum atomic E-state index is 1.08. The summed E-state index contributed by atoms with van der Waals surface area (Å²) in [5, 5.41) is 0. The molecule has 0 aliphatic carbocycles. The highest BCUT2D eigenvalue weighted by atomic mass is 15.3. The topological polar surface area (TPSA) is 0 Å². The van der Waals surface area contributed by atoms with Crippen LogP contribution in [0.1, 0.15) is 19.3 Å². The van der Waals surface area contributed by atoms with Crippen LogP contribution in [0, 0.1) is 0 Å². The summed E-state index contributed by atoms with van der Waals surface area (Å²) in [5.41, 5.74) is 0. The van der Waals surface area contributed by atoms with Crippen molar-refractivity contribution in [1.82, 2.24) is 0 Å². The van der Waals surface area contributed by atoms with Gasteiger partial charge in [-0.2, -0.15) is 0 Å². The van der Waals surface area contributed by atoms with E-state index in [9.17, 15) is 0 Å². The Morgan fingerprint density at radius 3 is 2.11 bits per heavy atom. The van der Waals surface area contributed by atoms with E-state index in [2.05, 4.69) is 19.8 Å². The number of hydrogen-bond acceptors (Lipinski definition) is 0. The molecule has 0 aromatic carbocycles. The Morgan fingerprint density at radius 2 is 1.78 bits per heavy atom. The molecular formula is C8H16N+. The molecule has 0 aromatic heterocycles. The van der Waals surface area contributed by atoms with Gasteiger partial charge in [-0.3, -0.25) is 0 Å². The summed E-state index contributed by atoms with van der Waals surface area (Å²) in [6.45, 7) is 6.42. The molecule has 1 nitrogen and oxygen atoms in total. The molecule has 0 atom stereocenters. The molecule has 1 aliphatic heterocycles. The molecule has 9 heavy (non-hydrogen) atoms. The highest BCUT2D eigenvalue weighted by Crippen LogP contribution is 2.15. The molecule has 0 bridgehead atoms. The monoisotopic (exact) mass is 126 g/mol. The van der Waals surface area contributed by atoms with Crippen molar-refractivity contribution in [2.24, 2.45) is 0 Å². The predicted octanol–water partition coefficient (Wildman–Crippen LogP) is 1.76. The zero-order valence-corrected chi connectivity index (χ0v) is 6.27. The molecule has 1 saturated heterocycles. The Balaban J connectivity index is 2.46. The lowest BCUT2D eigenvalue weighted by Crippen LogP contribution is -2.42. The Kier molecular flexibility index (Phi) is 1.91. The summed E-state index contributed by atoms with van der Waals surface area (Å²) in [6.07, 6.45) is 6.24. The Labute approximate surface area is 57.6 Å². The average Bonchev–Trinajstić information content (AvgIpc) is 1.90. The number of piperidine rings is 1. The molecule has 0 spiro atoms. The first-order valence-corrected chi connectivity index (χ1v) is 3.75. The van der Waals surface area contributed by atoms with Gasteiger partial charge in [-0.15, -0.1) is 0 Å². The van der Waals surface area contributed by atoms with E-state index < -0.39 is 0 Å². The molecule has 1 fully saturated rings. The largest absolute Gasteiger partial charge is 0.300 e. The summed E-state index contributed by atoms with van der Waals surface area (Å²) in [6, 6.07) is 0. The van der Waals surface area contributed by atoms with Crippen LogP contribution in [0.2, 0.25) is 0 Å². The van der Waals surface area contributed by atoms with Crippen LogP contribution >= 0.6 is 0 Å². The van der Waals surface area contributed by atoms with Crippen LogP contribution in [0.4, 0.5) is 0 Å². The maximum Gasteiger partial charge on any atom is 0.0883 e. The third-order valence-corrected chi connectivity index (χ3v) is 2.28. The van der Waals surface area contributed by atoms with Crippen LogP contribution in [0.25, 0.3) is 0 Å². The van der Waals surface area contributed by atoms with Crippen LogP contribution < -0.4 is 0 Å². The van der Waals surface area contributed by atoms with E-state index >= 15 is 0 Å². The highest BCUT2D eigenvalue weighted by Gasteiger charge is 2.20. The van der Waals surface area contributed by atoms with Gasteiger partial charge in [0.15, 0.2) is 0 Å². The lowest BCUT2D eigenvalue weighted by molar-refractivity contribution is -0.864. The van der Waals surface area contributed by atoms with Crippen molar-refractivity contribution >= 4 is 0 Å². The summed E-state index contributed by atoms with van der Waals surface area (Å²) in [5.74, 6) is 0. The molecular weight excluding hydrogens is 110 g/mol. The molecule has 0 amide bonds. The first kappa shape index (κ1) is 6.81. The number of likely N-dealkylation sites (tertiary alicyclic amines) is 1. The van der Waals surface area contributed by atoms with Crippen LogP contribution in [-0.2, 0) is 0 Å². The standard InChI is InChI=1S/C8H16N/c1-3-9(2)7-5-4-6-8-9/h3H,1,4-8H2,2H3/q+1. The molecule has 52 valence electrons. The maximum absolute atomic E-state index is 3.83. The van der Waals surface area contributed by atoms with Gasteiger partial charge in [0.2, 0.25) is 0 Å². The van der Waals surface area contributed by atoms with Gasteiger partial charge < -0.3 is 4.48 Å². The minimum absolute atomic E-state index is 1.08. The Morgan fingerprint density at radius 1 is 1.22 bits per heavy atom. The fourth-order valence-corrected chi connectivity index (χ4v) is 1.42. The van der Waals surface area contributed by atoms with E-state index in [4.69, 9.17) is 0 Å². The van der Waals surface area contributed by atoms with Crippen molar-refractivity contribution in [1.29, 1.82) is 0 Å². The minimum Gasteiger partial charge on any atom is -0.300 e. The average molecular weight is 126 g/mol. The van der Waals surface area contributed by atoms with Crippen molar-refractivity contribution in [3.63, 3.8) is 0 Å². The van der Waals surface area contributed by atoms with Gasteiger partial charge in [0.05, 0.1) is 26.3 Å². The van der Waals surface area contributed by atoms with Crippen molar-refractivity contribution in [3.05, 3.63) is 12.8 Å². The van der Waals surface area contributed by atoms with Gasteiger partial charge in [-0.1, -0.05) is 0 Å². The van der Waals surface area contributed by atoms with E-state index in [1.165, 1.54) is 32.4 Å². The highest BCUT2D eigenvalue weighted by molar-refractivity contribution is 4.59. The first-order valence-electron chi connectivity index (χ1n) is 3.75. The van der Waals surface area contributed by atoms with Crippen LogP contribution in [-0.4, -0.2) is 24.6 Å². The van der Waals surface area contributed by atoms with Gasteiger partial charge in [0.25, 0.3) is 0 Å². The third-order valence-electron chi connectivity index (χ3n) is 2.28. The first-order chi connectivity index (χ1) is 4.27. The molecule has 1 heteroatoms. The fraction of sp³-hybridized carbons (Fsp3) is 0.750. The molecule has 0 unspecified atom stereocenters. The van der Waals surface area contributed by atoms with Crippen molar-refractivity contribution in [3.8, 4) is 0 Å². The summed E-state index contributed by atoms with van der Waals surface area (Å²) >= 11 is 0. The molecule has 0 saturated carbocycles. The summed E-state index contributed by atoms with van der Waals surface area (Å²) in [7, 11) is 2.26. The summed E-state index contributed by atoms with van der Waals surface area (Å²) < 4.78 is 1.08. The number of nitrogens with zero attached hydrogens (tertiary/aromatic N) is 1. The van der Waals surface area contributed by atoms with Gasteiger partial charge in [-0.25, -0.2) is 0 Å². The summed E-state index contributed by atoms with van der Waals surface area (Å²) in [4.78, 5) is 0. The Bertz CT molecular complexity index is 101. The van der Waals surface area contributed by atoms with Crippen LogP contribution in [0.5, 0.6) is 0 Å². The molecule has 0 N–H and O–H groups in total.